The molecule has 0 aromatic heterocycles. The predicted molar refractivity (Wildman–Crippen MR) is 108 cm³/mol. The van der Waals surface area contributed by atoms with Gasteiger partial charge in [0.2, 0.25) is 0 Å². The van der Waals surface area contributed by atoms with Crippen molar-refractivity contribution in [3.05, 3.63) is 33.9 Å². The van der Waals surface area contributed by atoms with Gasteiger partial charge in [0, 0.05) is 25.2 Å². The van der Waals surface area contributed by atoms with E-state index in [0.717, 1.165) is 25.7 Å². The number of nitro groups is 1. The van der Waals surface area contributed by atoms with Crippen molar-refractivity contribution in [3.63, 3.8) is 0 Å². The molecule has 1 aliphatic heterocycles. The Morgan fingerprint density at radius 3 is 2.69 bits per heavy atom. The van der Waals surface area contributed by atoms with Crippen LogP contribution in [-0.2, 0) is 14.3 Å². The highest BCUT2D eigenvalue weighted by atomic mass is 16.6. The summed E-state index contributed by atoms with van der Waals surface area (Å²) >= 11 is 0. The van der Waals surface area contributed by atoms with Gasteiger partial charge in [-0.05, 0) is 25.5 Å². The highest BCUT2D eigenvalue weighted by Crippen LogP contribution is 2.30. The molecule has 1 heterocycles. The van der Waals surface area contributed by atoms with Crippen LogP contribution in [0.1, 0.15) is 49.9 Å². The molecule has 0 aliphatic carbocycles. The van der Waals surface area contributed by atoms with E-state index in [1.54, 1.807) is 0 Å². The Kier molecular flexibility index (Phi) is 8.85. The highest BCUT2D eigenvalue weighted by molar-refractivity contribution is 5.93. The van der Waals surface area contributed by atoms with Crippen LogP contribution in [0.3, 0.4) is 0 Å². The summed E-state index contributed by atoms with van der Waals surface area (Å²) in [7, 11) is 0. The number of benzene rings is 1. The maximum Gasteiger partial charge on any atom is 0.338 e. The van der Waals surface area contributed by atoms with Crippen LogP contribution in [0.4, 0.5) is 11.4 Å². The molecule has 0 saturated carbocycles. The molecular weight excluding hydrogens is 378 g/mol. The molecule has 0 bridgehead atoms. The number of morpholine rings is 1. The fraction of sp³-hybridized carbons (Fsp3) is 0.600. The van der Waals surface area contributed by atoms with Gasteiger partial charge in [0.1, 0.15) is 5.69 Å². The molecule has 1 amide bonds. The van der Waals surface area contributed by atoms with Gasteiger partial charge in [-0.15, -0.1) is 0 Å². The number of carbonyl (C=O) groups excluding carboxylic acids is 2. The van der Waals surface area contributed by atoms with Crippen molar-refractivity contribution in [1.29, 1.82) is 0 Å². The summed E-state index contributed by atoms with van der Waals surface area (Å²) in [6.07, 6.45) is 4.10. The zero-order valence-corrected chi connectivity index (χ0v) is 17.0. The number of rotatable bonds is 10. The van der Waals surface area contributed by atoms with Crippen molar-refractivity contribution in [3.8, 4) is 0 Å². The van der Waals surface area contributed by atoms with Crippen LogP contribution in [0, 0.1) is 10.1 Å². The second-order valence-electron chi connectivity index (χ2n) is 7.10. The second kappa shape index (κ2) is 11.4. The number of amides is 1. The van der Waals surface area contributed by atoms with Crippen LogP contribution in [-0.4, -0.2) is 55.8 Å². The summed E-state index contributed by atoms with van der Waals surface area (Å²) < 4.78 is 10.3. The molecule has 9 nitrogen and oxygen atoms in total. The van der Waals surface area contributed by atoms with E-state index in [2.05, 4.69) is 12.2 Å². The van der Waals surface area contributed by atoms with Gasteiger partial charge in [-0.3, -0.25) is 14.9 Å². The molecule has 9 heteroatoms. The van der Waals surface area contributed by atoms with Crippen LogP contribution in [0.25, 0.3) is 0 Å². The Morgan fingerprint density at radius 2 is 2.03 bits per heavy atom. The third-order valence-electron chi connectivity index (χ3n) is 4.74. The largest absolute Gasteiger partial charge is 0.452 e. The fourth-order valence-corrected chi connectivity index (χ4v) is 3.17. The summed E-state index contributed by atoms with van der Waals surface area (Å²) in [5, 5.41) is 14.3. The highest BCUT2D eigenvalue weighted by Gasteiger charge is 2.24. The van der Waals surface area contributed by atoms with Crippen LogP contribution in [0.5, 0.6) is 0 Å². The molecule has 1 atom stereocenters. The molecule has 0 spiro atoms. The van der Waals surface area contributed by atoms with Crippen molar-refractivity contribution < 1.29 is 24.0 Å². The molecule has 1 aliphatic rings. The number of hydrogen-bond acceptors (Lipinski definition) is 7. The first kappa shape index (κ1) is 22.6. The van der Waals surface area contributed by atoms with Crippen molar-refractivity contribution >= 4 is 23.3 Å². The van der Waals surface area contributed by atoms with Gasteiger partial charge >= 0.3 is 5.97 Å². The topological polar surface area (TPSA) is 111 Å². The molecule has 1 N–H and O–H groups in total. The first-order valence-corrected chi connectivity index (χ1v) is 10.00. The quantitative estimate of drug-likeness (QED) is 0.275. The summed E-state index contributed by atoms with van der Waals surface area (Å²) in [5.41, 5.74) is 0.307. The van der Waals surface area contributed by atoms with E-state index in [4.69, 9.17) is 9.47 Å². The van der Waals surface area contributed by atoms with Crippen molar-refractivity contribution in [2.75, 3.05) is 37.8 Å². The number of anilines is 1. The lowest BCUT2D eigenvalue weighted by molar-refractivity contribution is -0.384. The summed E-state index contributed by atoms with van der Waals surface area (Å²) in [6, 6.07) is 4.21. The lowest BCUT2D eigenvalue weighted by Crippen LogP contribution is -2.36. The van der Waals surface area contributed by atoms with Crippen LogP contribution < -0.4 is 10.2 Å². The molecule has 1 aromatic rings. The molecule has 0 radical (unpaired) electrons. The molecule has 1 fully saturated rings. The molecule has 0 unspecified atom stereocenters. The Labute approximate surface area is 170 Å². The van der Waals surface area contributed by atoms with E-state index in [-0.39, 0.29) is 23.2 Å². The lowest BCUT2D eigenvalue weighted by Gasteiger charge is -2.28. The van der Waals surface area contributed by atoms with Crippen molar-refractivity contribution in [2.24, 2.45) is 0 Å². The van der Waals surface area contributed by atoms with Gasteiger partial charge in [-0.2, -0.15) is 0 Å². The molecule has 160 valence electrons. The third-order valence-corrected chi connectivity index (χ3v) is 4.74. The first-order valence-electron chi connectivity index (χ1n) is 10.00. The van der Waals surface area contributed by atoms with Crippen LogP contribution in [0.15, 0.2) is 18.2 Å². The lowest BCUT2D eigenvalue weighted by atomic mass is 10.1. The van der Waals surface area contributed by atoms with Gasteiger partial charge in [-0.1, -0.05) is 26.2 Å². The minimum Gasteiger partial charge on any atom is -0.452 e. The van der Waals surface area contributed by atoms with Crippen LogP contribution >= 0.6 is 0 Å². The minimum atomic E-state index is -0.768. The summed E-state index contributed by atoms with van der Waals surface area (Å²) in [5.74, 6) is -1.16. The normalized spacial score (nSPS) is 14.9. The number of unbranched alkanes of at least 4 members (excludes halogenated alkanes) is 2. The SMILES string of the molecule is CCCCC[C@H](C)NC(=O)COC(=O)c1ccc(N2CCOCC2)c([N+](=O)[O-])c1. The Balaban J connectivity index is 1.93. The fourth-order valence-electron chi connectivity index (χ4n) is 3.17. The number of esters is 1. The standard InChI is InChI=1S/C20H29N3O6/c1-3-4-5-6-15(2)21-19(24)14-29-20(25)16-7-8-17(18(13-16)23(26)27)22-9-11-28-12-10-22/h7-8,13,15H,3-6,9-12,14H2,1-2H3,(H,21,24)/t15-/m0/s1. The zero-order chi connectivity index (χ0) is 21.2. The molecule has 1 aromatic carbocycles. The minimum absolute atomic E-state index is 0.00152. The van der Waals surface area contributed by atoms with Gasteiger partial charge in [0.05, 0.1) is 23.7 Å². The first-order chi connectivity index (χ1) is 13.9. The van der Waals surface area contributed by atoms with Gasteiger partial charge in [0.15, 0.2) is 6.61 Å². The van der Waals surface area contributed by atoms with Crippen molar-refractivity contribution in [1.82, 2.24) is 5.32 Å². The Bertz CT molecular complexity index is 718. The van der Waals surface area contributed by atoms with Crippen LogP contribution in [0.2, 0.25) is 0 Å². The van der Waals surface area contributed by atoms with E-state index in [1.165, 1.54) is 18.2 Å². The van der Waals surface area contributed by atoms with E-state index in [1.807, 2.05) is 11.8 Å². The molecule has 29 heavy (non-hydrogen) atoms. The number of nitro benzene ring substituents is 1. The maximum absolute atomic E-state index is 12.2. The average Bonchev–Trinajstić information content (AvgIpc) is 2.72. The smallest absolute Gasteiger partial charge is 0.338 e. The zero-order valence-electron chi connectivity index (χ0n) is 17.0. The third kappa shape index (κ3) is 7.01. The Morgan fingerprint density at radius 1 is 1.31 bits per heavy atom. The Hall–Kier alpha value is -2.68. The van der Waals surface area contributed by atoms with Gasteiger partial charge < -0.3 is 19.7 Å². The summed E-state index contributed by atoms with van der Waals surface area (Å²) in [6.45, 7) is 5.67. The van der Waals surface area contributed by atoms with Gasteiger partial charge in [-0.25, -0.2) is 4.79 Å². The van der Waals surface area contributed by atoms with E-state index >= 15 is 0 Å². The molecule has 2 rings (SSSR count). The monoisotopic (exact) mass is 407 g/mol. The second-order valence-corrected chi connectivity index (χ2v) is 7.10. The number of carbonyl (C=O) groups is 2. The summed E-state index contributed by atoms with van der Waals surface area (Å²) in [4.78, 5) is 37.0. The molecule has 1 saturated heterocycles. The number of hydrogen-bond donors (Lipinski definition) is 1. The predicted octanol–water partition coefficient (Wildman–Crippen LogP) is 2.67. The number of ether oxygens (including phenoxy) is 2. The molecular formula is C20H29N3O6. The van der Waals surface area contributed by atoms with Crippen molar-refractivity contribution in [2.45, 2.75) is 45.6 Å². The van der Waals surface area contributed by atoms with E-state index in [9.17, 15) is 19.7 Å². The maximum atomic E-state index is 12.2. The van der Waals surface area contributed by atoms with E-state index in [0.29, 0.717) is 32.0 Å². The van der Waals surface area contributed by atoms with Gasteiger partial charge in [0.25, 0.3) is 11.6 Å². The van der Waals surface area contributed by atoms with E-state index < -0.39 is 17.5 Å². The average molecular weight is 407 g/mol. The number of nitrogens with zero attached hydrogens (tertiary/aromatic N) is 2. The number of nitrogens with one attached hydrogen (secondary N) is 1.